The minimum Gasteiger partial charge on any atom is -0.0996 e. The Morgan fingerprint density at radius 2 is 1.78 bits per heavy atom. The fraction of sp³-hybridized carbons (Fsp3) is 0.667. The lowest BCUT2D eigenvalue weighted by Gasteiger charge is -2.12. The average molecular weight is 125 g/mol. The molecule has 1 unspecified atom stereocenters. The van der Waals surface area contributed by atoms with Crippen LogP contribution < -0.4 is 0 Å². The summed E-state index contributed by atoms with van der Waals surface area (Å²) in [6, 6.07) is 0. The van der Waals surface area contributed by atoms with Gasteiger partial charge in [0.15, 0.2) is 0 Å². The van der Waals surface area contributed by atoms with Crippen molar-refractivity contribution < 1.29 is 0 Å². The van der Waals surface area contributed by atoms with E-state index in [0.29, 0.717) is 5.92 Å². The molecule has 0 fully saturated rings. The minimum atomic E-state index is 0.588. The number of allylic oxidation sites excluding steroid dienone is 1. The van der Waals surface area contributed by atoms with Gasteiger partial charge >= 0.3 is 0 Å². The first-order chi connectivity index (χ1) is 4.04. The molecule has 0 spiro atoms. The van der Waals surface area contributed by atoms with Gasteiger partial charge in [-0.2, -0.15) is 0 Å². The van der Waals surface area contributed by atoms with Crippen LogP contribution in [0.1, 0.15) is 27.2 Å². The molecule has 0 saturated carbocycles. The van der Waals surface area contributed by atoms with Gasteiger partial charge in [-0.25, -0.2) is 0 Å². The Morgan fingerprint density at radius 3 is 1.89 bits per heavy atom. The van der Waals surface area contributed by atoms with Crippen molar-refractivity contribution in [1.29, 1.82) is 0 Å². The van der Waals surface area contributed by atoms with Gasteiger partial charge in [-0.05, 0) is 25.2 Å². The van der Waals surface area contributed by atoms with E-state index in [2.05, 4.69) is 34.3 Å². The van der Waals surface area contributed by atoms with E-state index in [1.54, 1.807) is 0 Å². The van der Waals surface area contributed by atoms with Crippen LogP contribution in [-0.2, 0) is 0 Å². The molecule has 0 aromatic heterocycles. The Labute approximate surface area is 59.0 Å². The molecule has 0 N–H and O–H groups in total. The fourth-order valence-electron chi connectivity index (χ4n) is 0.874. The zero-order chi connectivity index (χ0) is 7.44. The van der Waals surface area contributed by atoms with Crippen molar-refractivity contribution >= 4 is 0 Å². The highest BCUT2D eigenvalue weighted by atomic mass is 14.1. The largest absolute Gasteiger partial charge is 0.0996 e. The second-order valence-electron chi connectivity index (χ2n) is 3.19. The van der Waals surface area contributed by atoms with E-state index in [1.807, 2.05) is 0 Å². The molecule has 9 heavy (non-hydrogen) atoms. The van der Waals surface area contributed by atoms with Crippen molar-refractivity contribution in [3.8, 4) is 0 Å². The van der Waals surface area contributed by atoms with Crippen LogP contribution in [0.2, 0.25) is 0 Å². The van der Waals surface area contributed by atoms with Gasteiger partial charge in [-0.1, -0.05) is 32.9 Å². The van der Waals surface area contributed by atoms with Crippen LogP contribution in [0.4, 0.5) is 0 Å². The molecule has 1 radical (unpaired) electrons. The molecule has 0 saturated heterocycles. The molecule has 0 nitrogen and oxygen atoms in total. The average Bonchev–Trinajstić information content (AvgIpc) is 1.63. The van der Waals surface area contributed by atoms with Gasteiger partial charge in [0.25, 0.3) is 0 Å². The van der Waals surface area contributed by atoms with E-state index >= 15 is 0 Å². The van der Waals surface area contributed by atoms with Gasteiger partial charge in [0, 0.05) is 0 Å². The Hall–Kier alpha value is -0.260. The van der Waals surface area contributed by atoms with Crippen LogP contribution in [0.3, 0.4) is 0 Å². The van der Waals surface area contributed by atoms with Crippen LogP contribution in [0.25, 0.3) is 0 Å². The third-order valence-electron chi connectivity index (χ3n) is 1.52. The minimum absolute atomic E-state index is 0.588. The van der Waals surface area contributed by atoms with Crippen molar-refractivity contribution in [3.05, 3.63) is 19.1 Å². The lowest BCUT2D eigenvalue weighted by atomic mass is 9.94. The van der Waals surface area contributed by atoms with Gasteiger partial charge in [0.2, 0.25) is 0 Å². The molecular weight excluding hydrogens is 108 g/mol. The van der Waals surface area contributed by atoms with Crippen molar-refractivity contribution in [2.75, 3.05) is 0 Å². The number of hydrogen-bond acceptors (Lipinski definition) is 0. The van der Waals surface area contributed by atoms with Crippen molar-refractivity contribution in [2.45, 2.75) is 27.2 Å². The van der Waals surface area contributed by atoms with E-state index < -0.39 is 0 Å². The van der Waals surface area contributed by atoms with Crippen molar-refractivity contribution in [3.63, 3.8) is 0 Å². The number of rotatable bonds is 3. The maximum atomic E-state index is 3.80. The molecule has 0 heteroatoms. The predicted octanol–water partition coefficient (Wildman–Crippen LogP) is 3.06. The van der Waals surface area contributed by atoms with Crippen LogP contribution >= 0.6 is 0 Å². The molecule has 0 aliphatic heterocycles. The second-order valence-corrected chi connectivity index (χ2v) is 3.19. The van der Waals surface area contributed by atoms with Gasteiger partial charge in [-0.15, -0.1) is 0 Å². The predicted molar refractivity (Wildman–Crippen MR) is 43.1 cm³/mol. The molecule has 0 heterocycles. The first kappa shape index (κ1) is 8.74. The molecule has 0 aromatic rings. The third-order valence-corrected chi connectivity index (χ3v) is 1.52. The fourth-order valence-corrected chi connectivity index (χ4v) is 0.874. The first-order valence-corrected chi connectivity index (χ1v) is 3.54. The van der Waals surface area contributed by atoms with E-state index in [9.17, 15) is 0 Å². The van der Waals surface area contributed by atoms with Crippen LogP contribution in [0.15, 0.2) is 12.2 Å². The van der Waals surface area contributed by atoms with Gasteiger partial charge in [0.1, 0.15) is 0 Å². The Kier molecular flexibility index (Phi) is 3.60. The highest BCUT2D eigenvalue weighted by molar-refractivity contribution is 5.01. The molecule has 0 rings (SSSR count). The molecular formula is C9H17. The number of hydrogen-bond donors (Lipinski definition) is 0. The Balaban J connectivity index is 3.50. The molecule has 0 aromatic carbocycles. The maximum absolute atomic E-state index is 3.80. The van der Waals surface area contributed by atoms with Gasteiger partial charge in [0.05, 0.1) is 0 Å². The van der Waals surface area contributed by atoms with Crippen molar-refractivity contribution in [1.82, 2.24) is 0 Å². The molecule has 1 atom stereocenters. The second kappa shape index (κ2) is 3.71. The molecule has 53 valence electrons. The standard InChI is InChI=1S/C9H17/c1-7(2)6-9(5)8(3)4/h7,9H,3-4,6H2,1-2,5H3. The molecule has 0 bridgehead atoms. The summed E-state index contributed by atoms with van der Waals surface area (Å²) in [6.45, 7) is 14.2. The Bertz CT molecular complexity index is 90.2. The monoisotopic (exact) mass is 125 g/mol. The molecule has 0 aliphatic carbocycles. The van der Waals surface area contributed by atoms with Crippen molar-refractivity contribution in [2.24, 2.45) is 11.8 Å². The van der Waals surface area contributed by atoms with Gasteiger partial charge < -0.3 is 0 Å². The van der Waals surface area contributed by atoms with Gasteiger partial charge in [-0.3, -0.25) is 0 Å². The zero-order valence-corrected chi connectivity index (χ0v) is 6.78. The quantitative estimate of drug-likeness (QED) is 0.544. The van der Waals surface area contributed by atoms with E-state index in [-0.39, 0.29) is 0 Å². The maximum Gasteiger partial charge on any atom is -0.0232 e. The van der Waals surface area contributed by atoms with Crippen LogP contribution in [-0.4, -0.2) is 0 Å². The van der Waals surface area contributed by atoms with E-state index in [0.717, 1.165) is 11.5 Å². The summed E-state index contributed by atoms with van der Waals surface area (Å²) in [7, 11) is 0. The highest BCUT2D eigenvalue weighted by Gasteiger charge is 2.03. The summed E-state index contributed by atoms with van der Waals surface area (Å²) in [6.07, 6.45) is 1.21. The van der Waals surface area contributed by atoms with Crippen LogP contribution in [0, 0.1) is 18.8 Å². The summed E-state index contributed by atoms with van der Waals surface area (Å²) in [4.78, 5) is 0. The summed E-state index contributed by atoms with van der Waals surface area (Å²) in [5, 5.41) is 0. The summed E-state index contributed by atoms with van der Waals surface area (Å²) >= 11 is 0. The first-order valence-electron chi connectivity index (χ1n) is 3.54. The van der Waals surface area contributed by atoms with E-state index in [1.165, 1.54) is 6.42 Å². The molecule has 0 aliphatic rings. The smallest absolute Gasteiger partial charge is 0.0232 e. The Morgan fingerprint density at radius 1 is 1.33 bits per heavy atom. The normalized spacial score (nSPS) is 13.9. The highest BCUT2D eigenvalue weighted by Crippen LogP contribution is 2.16. The zero-order valence-electron chi connectivity index (χ0n) is 6.78. The van der Waals surface area contributed by atoms with E-state index in [4.69, 9.17) is 0 Å². The molecule has 0 amide bonds. The lowest BCUT2D eigenvalue weighted by Crippen LogP contribution is -2.00. The SMILES string of the molecule is [CH2]C(=C)C(C)CC(C)C. The third kappa shape index (κ3) is 4.26. The summed E-state index contributed by atoms with van der Waals surface area (Å²) in [5.74, 6) is 1.35. The summed E-state index contributed by atoms with van der Waals surface area (Å²) < 4.78 is 0. The topological polar surface area (TPSA) is 0 Å². The van der Waals surface area contributed by atoms with Crippen LogP contribution in [0.5, 0.6) is 0 Å². The summed E-state index contributed by atoms with van der Waals surface area (Å²) in [5.41, 5.74) is 1.06. The lowest BCUT2D eigenvalue weighted by molar-refractivity contribution is 0.492.